The van der Waals surface area contributed by atoms with Crippen LogP contribution in [0.4, 0.5) is 0 Å². The third-order valence-electron chi connectivity index (χ3n) is 6.80. The summed E-state index contributed by atoms with van der Waals surface area (Å²) in [5, 5.41) is 0.379. The van der Waals surface area contributed by atoms with Gasteiger partial charge < -0.3 is 18.6 Å². The first-order valence-electron chi connectivity index (χ1n) is 13.5. The van der Waals surface area contributed by atoms with Gasteiger partial charge in [0.05, 0.1) is 9.13 Å². The summed E-state index contributed by atoms with van der Waals surface area (Å²) in [6, 6.07) is 39.0. The van der Waals surface area contributed by atoms with Crippen LogP contribution >= 0.6 is 22.6 Å². The van der Waals surface area contributed by atoms with Crippen molar-refractivity contribution in [2.45, 2.75) is 19.8 Å². The average Bonchev–Trinajstić information content (AvgIpc) is 3.04. The van der Waals surface area contributed by atoms with E-state index in [0.717, 1.165) is 28.0 Å². The van der Waals surface area contributed by atoms with Crippen molar-refractivity contribution in [3.8, 4) is 28.4 Å². The molecule has 0 unspecified atom stereocenters. The van der Waals surface area contributed by atoms with Crippen LogP contribution in [0.25, 0.3) is 22.1 Å². The van der Waals surface area contributed by atoms with Crippen molar-refractivity contribution in [1.29, 1.82) is 0 Å². The number of rotatable bonds is 10. The van der Waals surface area contributed by atoms with Crippen molar-refractivity contribution < 1.29 is 18.6 Å². The van der Waals surface area contributed by atoms with Crippen molar-refractivity contribution in [2.24, 2.45) is 0 Å². The second-order valence-electron chi connectivity index (χ2n) is 9.72. The number of benzene rings is 5. The van der Waals surface area contributed by atoms with Gasteiger partial charge in [-0.2, -0.15) is 0 Å². The summed E-state index contributed by atoms with van der Waals surface area (Å²) in [4.78, 5) is 14.0. The smallest absolute Gasteiger partial charge is 0.204 e. The van der Waals surface area contributed by atoms with Crippen molar-refractivity contribution in [1.82, 2.24) is 0 Å². The summed E-state index contributed by atoms with van der Waals surface area (Å²) >= 11 is 2.19. The first-order valence-corrected chi connectivity index (χ1v) is 14.6. The normalized spacial score (nSPS) is 10.9. The van der Waals surface area contributed by atoms with E-state index in [4.69, 9.17) is 18.6 Å². The highest BCUT2D eigenvalue weighted by Crippen LogP contribution is 2.38. The van der Waals surface area contributed by atoms with E-state index in [1.165, 1.54) is 6.26 Å². The highest BCUT2D eigenvalue weighted by molar-refractivity contribution is 14.1. The molecule has 5 nitrogen and oxygen atoms in total. The zero-order valence-electron chi connectivity index (χ0n) is 22.7. The minimum Gasteiger partial charge on any atom is -0.489 e. The molecular formula is C36H27IO5. The van der Waals surface area contributed by atoms with Crippen molar-refractivity contribution >= 4 is 33.6 Å². The van der Waals surface area contributed by atoms with Crippen LogP contribution in [-0.2, 0) is 19.8 Å². The fraction of sp³-hybridized carbons (Fsp3) is 0.0833. The van der Waals surface area contributed by atoms with Crippen LogP contribution in [0.3, 0.4) is 0 Å². The molecule has 6 aromatic rings. The van der Waals surface area contributed by atoms with Gasteiger partial charge in [-0.3, -0.25) is 4.79 Å². The Bertz CT molecular complexity index is 1830. The Morgan fingerprint density at radius 2 is 1.14 bits per heavy atom. The maximum atomic E-state index is 14.0. The molecule has 0 spiro atoms. The number of hydrogen-bond acceptors (Lipinski definition) is 5. The lowest BCUT2D eigenvalue weighted by Crippen LogP contribution is -2.10. The molecule has 1 aromatic heterocycles. The fourth-order valence-electron chi connectivity index (χ4n) is 4.58. The van der Waals surface area contributed by atoms with E-state index in [1.807, 2.05) is 115 Å². The molecule has 1 heterocycles. The van der Waals surface area contributed by atoms with Gasteiger partial charge in [0.1, 0.15) is 48.6 Å². The summed E-state index contributed by atoms with van der Waals surface area (Å²) < 4.78 is 25.2. The molecular weight excluding hydrogens is 639 g/mol. The molecule has 5 aromatic carbocycles. The zero-order chi connectivity index (χ0) is 28.7. The predicted octanol–water partition coefficient (Wildman–Crippen LogP) is 8.80. The first kappa shape index (κ1) is 27.6. The van der Waals surface area contributed by atoms with Crippen molar-refractivity contribution in [3.63, 3.8) is 0 Å². The molecule has 0 atom stereocenters. The Labute approximate surface area is 257 Å². The lowest BCUT2D eigenvalue weighted by molar-refractivity contribution is 0.288. The summed E-state index contributed by atoms with van der Waals surface area (Å²) in [5.41, 5.74) is 4.50. The van der Waals surface area contributed by atoms with E-state index in [2.05, 4.69) is 22.6 Å². The van der Waals surface area contributed by atoms with Crippen LogP contribution in [0.1, 0.15) is 16.7 Å². The molecule has 0 aliphatic carbocycles. The van der Waals surface area contributed by atoms with Gasteiger partial charge in [0.25, 0.3) is 0 Å². The molecule has 42 heavy (non-hydrogen) atoms. The van der Waals surface area contributed by atoms with Crippen LogP contribution in [0.5, 0.6) is 17.2 Å². The summed E-state index contributed by atoms with van der Waals surface area (Å²) in [5.74, 6) is 1.75. The SMILES string of the molecule is O=c1c(-c2ccc(OCc3ccccc3)cc2)coc2cc(OCc3ccccc3)c(I)c(OCc3ccccc3)c12. The topological polar surface area (TPSA) is 57.9 Å². The van der Waals surface area contributed by atoms with E-state index in [1.54, 1.807) is 6.07 Å². The average molecular weight is 667 g/mol. The van der Waals surface area contributed by atoms with Crippen molar-refractivity contribution in [3.05, 3.63) is 158 Å². The van der Waals surface area contributed by atoms with Crippen LogP contribution in [0.2, 0.25) is 0 Å². The highest BCUT2D eigenvalue weighted by Gasteiger charge is 2.21. The largest absolute Gasteiger partial charge is 0.489 e. The van der Waals surface area contributed by atoms with E-state index >= 15 is 0 Å². The molecule has 6 heteroatoms. The van der Waals surface area contributed by atoms with Gasteiger partial charge in [0, 0.05) is 6.07 Å². The molecule has 0 aliphatic heterocycles. The van der Waals surface area contributed by atoms with Crippen LogP contribution in [0.15, 0.2) is 137 Å². The Hall–Kier alpha value is -4.56. The minimum absolute atomic E-state index is 0.176. The number of fused-ring (bicyclic) bond motifs is 1. The molecule has 0 radical (unpaired) electrons. The zero-order valence-corrected chi connectivity index (χ0v) is 24.8. The summed E-state index contributed by atoms with van der Waals surface area (Å²) in [7, 11) is 0. The molecule has 0 saturated carbocycles. The van der Waals surface area contributed by atoms with E-state index in [9.17, 15) is 4.79 Å². The Morgan fingerprint density at radius 1 is 0.619 bits per heavy atom. The van der Waals surface area contributed by atoms with E-state index in [0.29, 0.717) is 51.4 Å². The third-order valence-corrected chi connectivity index (χ3v) is 7.83. The Kier molecular flexibility index (Phi) is 8.51. The second kappa shape index (κ2) is 13.0. The molecule has 0 N–H and O–H groups in total. The second-order valence-corrected chi connectivity index (χ2v) is 10.8. The van der Waals surface area contributed by atoms with Gasteiger partial charge in [0.2, 0.25) is 5.43 Å². The molecule has 0 fully saturated rings. The predicted molar refractivity (Wildman–Crippen MR) is 173 cm³/mol. The molecule has 208 valence electrons. The number of halogens is 1. The molecule has 0 amide bonds. The first-order chi connectivity index (χ1) is 20.7. The molecule has 0 aliphatic rings. The quantitative estimate of drug-likeness (QED) is 0.137. The van der Waals surface area contributed by atoms with Crippen molar-refractivity contribution in [2.75, 3.05) is 0 Å². The number of hydrogen-bond donors (Lipinski definition) is 0. The lowest BCUT2D eigenvalue weighted by Gasteiger charge is -2.16. The Balaban J connectivity index is 1.33. The van der Waals surface area contributed by atoms with Gasteiger partial charge in [-0.15, -0.1) is 0 Å². The molecule has 0 saturated heterocycles. The lowest BCUT2D eigenvalue weighted by atomic mass is 10.0. The maximum absolute atomic E-state index is 14.0. The van der Waals surface area contributed by atoms with Crippen LogP contribution in [-0.4, -0.2) is 0 Å². The standard InChI is InChI=1S/C36H27IO5/c37-34-32(40-22-26-12-6-2-7-13-26)20-31-33(36(34)42-23-27-14-8-3-9-15-27)35(38)30(24-41-31)28-16-18-29(19-17-28)39-21-25-10-4-1-5-11-25/h1-20,24H,21-23H2. The van der Waals surface area contributed by atoms with Gasteiger partial charge in [-0.25, -0.2) is 0 Å². The van der Waals surface area contributed by atoms with E-state index in [-0.39, 0.29) is 5.43 Å². The summed E-state index contributed by atoms with van der Waals surface area (Å²) in [6.45, 7) is 1.14. The molecule has 6 rings (SSSR count). The van der Waals surface area contributed by atoms with Crippen LogP contribution in [0, 0.1) is 3.57 Å². The fourth-order valence-corrected chi connectivity index (χ4v) is 5.32. The van der Waals surface area contributed by atoms with Gasteiger partial charge in [-0.05, 0) is 57.0 Å². The van der Waals surface area contributed by atoms with Gasteiger partial charge in [-0.1, -0.05) is 103 Å². The Morgan fingerprint density at radius 3 is 1.71 bits per heavy atom. The maximum Gasteiger partial charge on any atom is 0.204 e. The van der Waals surface area contributed by atoms with E-state index < -0.39 is 0 Å². The van der Waals surface area contributed by atoms with Gasteiger partial charge >= 0.3 is 0 Å². The number of ether oxygens (including phenoxy) is 3. The summed E-state index contributed by atoms with van der Waals surface area (Å²) in [6.07, 6.45) is 1.50. The highest BCUT2D eigenvalue weighted by atomic mass is 127. The van der Waals surface area contributed by atoms with Gasteiger partial charge in [0.15, 0.2) is 5.75 Å². The molecule has 0 bridgehead atoms. The third kappa shape index (κ3) is 6.34. The van der Waals surface area contributed by atoms with Crippen LogP contribution < -0.4 is 19.6 Å². The minimum atomic E-state index is -0.176. The monoisotopic (exact) mass is 666 g/mol.